The van der Waals surface area contributed by atoms with Gasteiger partial charge in [0.05, 0.1) is 5.75 Å². The number of hydrogen-bond donors (Lipinski definition) is 2. The third-order valence-electron chi connectivity index (χ3n) is 3.96. The fourth-order valence-electron chi connectivity index (χ4n) is 2.54. The summed E-state index contributed by atoms with van der Waals surface area (Å²) in [6.45, 7) is 3.19. The molecule has 3 aromatic rings. The number of benzene rings is 2. The minimum absolute atomic E-state index is 0.125. The van der Waals surface area contributed by atoms with Gasteiger partial charge < -0.3 is 10.6 Å². The van der Waals surface area contributed by atoms with E-state index in [-0.39, 0.29) is 23.4 Å². The van der Waals surface area contributed by atoms with E-state index in [1.165, 1.54) is 36.1 Å². The van der Waals surface area contributed by atoms with Crippen molar-refractivity contribution in [3.05, 3.63) is 70.5 Å². The van der Waals surface area contributed by atoms with Gasteiger partial charge in [-0.05, 0) is 48.4 Å². The highest BCUT2D eigenvalue weighted by molar-refractivity contribution is 8.00. The minimum atomic E-state index is -0.220. The smallest absolute Gasteiger partial charge is 0.236 e. The fourth-order valence-corrected chi connectivity index (χ4v) is 4.10. The van der Waals surface area contributed by atoms with Gasteiger partial charge in [-0.15, -0.1) is 23.1 Å². The normalized spacial score (nSPS) is 10.6. The lowest BCUT2D eigenvalue weighted by Crippen LogP contribution is -2.13. The Labute approximate surface area is 176 Å². The Morgan fingerprint density at radius 1 is 1.14 bits per heavy atom. The standard InChI is InChI=1S/C21H20FN3O2S2/c1-13-3-4-15(10-19(13)22)9-18-11-23-21(29-18)25-20(27)12-28-17-7-5-16(6-8-17)24-14(2)26/h3-8,10-11H,9,12H2,1-2H3,(H,24,26)(H,23,25,27). The Bertz CT molecular complexity index is 1020. The topological polar surface area (TPSA) is 71.1 Å². The molecule has 0 aliphatic carbocycles. The van der Waals surface area contributed by atoms with Crippen LogP contribution in [-0.2, 0) is 16.0 Å². The zero-order valence-electron chi connectivity index (χ0n) is 16.0. The number of nitrogens with zero attached hydrogens (tertiary/aromatic N) is 1. The Morgan fingerprint density at radius 2 is 1.90 bits per heavy atom. The van der Waals surface area contributed by atoms with E-state index in [0.29, 0.717) is 17.1 Å². The van der Waals surface area contributed by atoms with Gasteiger partial charge in [0, 0.05) is 35.0 Å². The Morgan fingerprint density at radius 3 is 2.59 bits per heavy atom. The molecule has 8 heteroatoms. The van der Waals surface area contributed by atoms with Gasteiger partial charge in [0.1, 0.15) is 5.82 Å². The maximum Gasteiger partial charge on any atom is 0.236 e. The van der Waals surface area contributed by atoms with Crippen molar-refractivity contribution in [1.29, 1.82) is 0 Å². The summed E-state index contributed by atoms with van der Waals surface area (Å²) in [5.74, 6) is -0.247. The minimum Gasteiger partial charge on any atom is -0.326 e. The molecule has 1 heterocycles. The van der Waals surface area contributed by atoms with Crippen LogP contribution in [0.3, 0.4) is 0 Å². The van der Waals surface area contributed by atoms with Crippen molar-refractivity contribution in [3.63, 3.8) is 0 Å². The number of amides is 2. The van der Waals surface area contributed by atoms with Crippen LogP contribution in [0.1, 0.15) is 22.9 Å². The van der Waals surface area contributed by atoms with Crippen molar-refractivity contribution in [2.45, 2.75) is 25.2 Å². The molecular formula is C21H20FN3O2S2. The highest BCUT2D eigenvalue weighted by Gasteiger charge is 2.09. The number of carbonyl (C=O) groups excluding carboxylic acids is 2. The van der Waals surface area contributed by atoms with Crippen molar-refractivity contribution in [2.75, 3.05) is 16.4 Å². The van der Waals surface area contributed by atoms with E-state index in [1.54, 1.807) is 31.3 Å². The fraction of sp³-hybridized carbons (Fsp3) is 0.190. The molecule has 2 N–H and O–H groups in total. The molecule has 3 rings (SSSR count). The molecule has 0 aliphatic heterocycles. The summed E-state index contributed by atoms with van der Waals surface area (Å²) in [4.78, 5) is 29.3. The van der Waals surface area contributed by atoms with Crippen molar-refractivity contribution in [2.24, 2.45) is 0 Å². The lowest BCUT2D eigenvalue weighted by atomic mass is 10.1. The van der Waals surface area contributed by atoms with Crippen molar-refractivity contribution >= 4 is 45.7 Å². The van der Waals surface area contributed by atoms with Crippen molar-refractivity contribution < 1.29 is 14.0 Å². The maximum atomic E-state index is 13.7. The van der Waals surface area contributed by atoms with E-state index in [2.05, 4.69) is 15.6 Å². The molecule has 0 aliphatic rings. The van der Waals surface area contributed by atoms with Crippen LogP contribution in [0.2, 0.25) is 0 Å². The molecule has 0 atom stereocenters. The van der Waals surface area contributed by atoms with Crippen LogP contribution in [0.5, 0.6) is 0 Å². The zero-order valence-corrected chi connectivity index (χ0v) is 17.6. The molecule has 5 nitrogen and oxygen atoms in total. The van der Waals surface area contributed by atoms with E-state index >= 15 is 0 Å². The van der Waals surface area contributed by atoms with Crippen molar-refractivity contribution in [3.8, 4) is 0 Å². The van der Waals surface area contributed by atoms with Gasteiger partial charge in [-0.25, -0.2) is 9.37 Å². The molecule has 0 fully saturated rings. The van der Waals surface area contributed by atoms with Crippen LogP contribution in [0.4, 0.5) is 15.2 Å². The predicted octanol–water partition coefficient (Wildman–Crippen LogP) is 4.87. The van der Waals surface area contributed by atoms with E-state index in [0.717, 1.165) is 21.0 Å². The summed E-state index contributed by atoms with van der Waals surface area (Å²) in [6, 6.07) is 12.5. The van der Waals surface area contributed by atoms with Gasteiger partial charge in [-0.3, -0.25) is 9.59 Å². The molecule has 0 bridgehead atoms. The highest BCUT2D eigenvalue weighted by atomic mass is 32.2. The number of thiazole rings is 1. The number of carbonyl (C=O) groups is 2. The number of aromatic nitrogens is 1. The van der Waals surface area contributed by atoms with E-state index in [4.69, 9.17) is 0 Å². The molecule has 0 unspecified atom stereocenters. The van der Waals surface area contributed by atoms with Gasteiger partial charge in [0.2, 0.25) is 11.8 Å². The van der Waals surface area contributed by atoms with Gasteiger partial charge >= 0.3 is 0 Å². The van der Waals surface area contributed by atoms with E-state index < -0.39 is 0 Å². The van der Waals surface area contributed by atoms with Gasteiger partial charge in [0.25, 0.3) is 0 Å². The van der Waals surface area contributed by atoms with Crippen LogP contribution in [0, 0.1) is 12.7 Å². The molecule has 29 heavy (non-hydrogen) atoms. The predicted molar refractivity (Wildman–Crippen MR) is 116 cm³/mol. The lowest BCUT2D eigenvalue weighted by molar-refractivity contribution is -0.114. The summed E-state index contributed by atoms with van der Waals surface area (Å²) in [5, 5.41) is 6.02. The second-order valence-corrected chi connectivity index (χ2v) is 8.60. The van der Waals surface area contributed by atoms with Crippen LogP contribution in [0.15, 0.2) is 53.6 Å². The van der Waals surface area contributed by atoms with Crippen molar-refractivity contribution in [1.82, 2.24) is 4.98 Å². The van der Waals surface area contributed by atoms with Gasteiger partial charge in [-0.1, -0.05) is 12.1 Å². The largest absolute Gasteiger partial charge is 0.326 e. The number of anilines is 2. The van der Waals surface area contributed by atoms with Crippen LogP contribution in [0.25, 0.3) is 0 Å². The Kier molecular flexibility index (Phi) is 7.00. The molecule has 1 aromatic heterocycles. The molecule has 0 saturated heterocycles. The summed E-state index contributed by atoms with van der Waals surface area (Å²) < 4.78 is 13.7. The molecule has 0 spiro atoms. The molecule has 2 aromatic carbocycles. The third kappa shape index (κ3) is 6.40. The van der Waals surface area contributed by atoms with Crippen LogP contribution >= 0.6 is 23.1 Å². The van der Waals surface area contributed by atoms with Gasteiger partial charge in [0.15, 0.2) is 5.13 Å². The first-order valence-corrected chi connectivity index (χ1v) is 10.7. The van der Waals surface area contributed by atoms with Crippen LogP contribution < -0.4 is 10.6 Å². The number of hydrogen-bond acceptors (Lipinski definition) is 5. The summed E-state index contributed by atoms with van der Waals surface area (Å²) >= 11 is 2.78. The average molecular weight is 430 g/mol. The molecule has 150 valence electrons. The number of aryl methyl sites for hydroxylation is 1. The second-order valence-electron chi connectivity index (χ2n) is 6.43. The monoisotopic (exact) mass is 429 g/mol. The van der Waals surface area contributed by atoms with Crippen LogP contribution in [-0.4, -0.2) is 22.6 Å². The number of nitrogens with one attached hydrogen (secondary N) is 2. The Hall–Kier alpha value is -2.71. The first-order chi connectivity index (χ1) is 13.9. The highest BCUT2D eigenvalue weighted by Crippen LogP contribution is 2.24. The van der Waals surface area contributed by atoms with E-state index in [9.17, 15) is 14.0 Å². The Balaban J connectivity index is 1.49. The molecule has 0 saturated carbocycles. The number of halogens is 1. The summed E-state index contributed by atoms with van der Waals surface area (Å²) in [5.41, 5.74) is 2.20. The lowest BCUT2D eigenvalue weighted by Gasteiger charge is -2.05. The summed E-state index contributed by atoms with van der Waals surface area (Å²) in [6.07, 6.45) is 2.27. The summed E-state index contributed by atoms with van der Waals surface area (Å²) in [7, 11) is 0. The van der Waals surface area contributed by atoms with Gasteiger partial charge in [-0.2, -0.15) is 0 Å². The molecule has 0 radical (unpaired) electrons. The molecular weight excluding hydrogens is 409 g/mol. The second kappa shape index (κ2) is 9.67. The zero-order chi connectivity index (χ0) is 20.8. The first-order valence-electron chi connectivity index (χ1n) is 8.89. The number of thioether (sulfide) groups is 1. The maximum absolute atomic E-state index is 13.7. The first kappa shape index (κ1) is 21.0. The number of rotatable bonds is 7. The third-order valence-corrected chi connectivity index (χ3v) is 5.88. The SMILES string of the molecule is CC(=O)Nc1ccc(SCC(=O)Nc2ncc(Cc3ccc(C)c(F)c3)s2)cc1. The van der Waals surface area contributed by atoms with E-state index in [1.807, 2.05) is 18.2 Å². The average Bonchev–Trinajstić information content (AvgIpc) is 3.10. The molecule has 2 amide bonds. The quantitative estimate of drug-likeness (QED) is 0.526.